The van der Waals surface area contributed by atoms with Gasteiger partial charge in [-0.25, -0.2) is 0 Å². The number of aliphatic hydroxyl groups is 1. The van der Waals surface area contributed by atoms with Crippen LogP contribution >= 0.6 is 0 Å². The number of hydrogen-bond acceptors (Lipinski definition) is 3. The van der Waals surface area contributed by atoms with E-state index in [1.54, 1.807) is 6.07 Å². The van der Waals surface area contributed by atoms with Crippen molar-refractivity contribution in [3.05, 3.63) is 65.7 Å². The molecule has 0 spiro atoms. The molecule has 3 atom stereocenters. The maximum absolute atomic E-state index is 12.8. The molecule has 4 rings (SSSR count). The summed E-state index contributed by atoms with van der Waals surface area (Å²) in [7, 11) is 4.35. The first-order valence-corrected chi connectivity index (χ1v) is 12.9. The maximum atomic E-state index is 12.8. The molecule has 2 aromatic rings. The van der Waals surface area contributed by atoms with Gasteiger partial charge in [0.05, 0.1) is 20.6 Å². The van der Waals surface area contributed by atoms with Crippen LogP contribution in [0.5, 0.6) is 5.75 Å². The van der Waals surface area contributed by atoms with E-state index in [0.717, 1.165) is 55.1 Å². The zero-order valence-corrected chi connectivity index (χ0v) is 20.8. The van der Waals surface area contributed by atoms with E-state index >= 15 is 0 Å². The quantitative estimate of drug-likeness (QED) is 0.402. The van der Waals surface area contributed by atoms with Gasteiger partial charge in [-0.05, 0) is 61.8 Å². The highest BCUT2D eigenvalue weighted by atomic mass is 16.3. The van der Waals surface area contributed by atoms with Crippen LogP contribution in [0.2, 0.25) is 0 Å². The van der Waals surface area contributed by atoms with Gasteiger partial charge in [0.25, 0.3) is 0 Å². The Morgan fingerprint density at radius 2 is 1.85 bits per heavy atom. The number of nitrogens with zero attached hydrogens (tertiary/aromatic N) is 1. The Morgan fingerprint density at radius 1 is 1.06 bits per heavy atom. The molecule has 0 aromatic heterocycles. The lowest BCUT2D eigenvalue weighted by molar-refractivity contribution is -0.905. The summed E-state index contributed by atoms with van der Waals surface area (Å²) in [6.45, 7) is 1.64. The molecular weight excluding hydrogens is 424 g/mol. The minimum Gasteiger partial charge on any atom is -0.508 e. The predicted octanol–water partition coefficient (Wildman–Crippen LogP) is 4.31. The van der Waals surface area contributed by atoms with E-state index in [0.29, 0.717) is 25.8 Å². The third-order valence-corrected chi connectivity index (χ3v) is 8.20. The molecular formula is C29H41N2O3+. The van der Waals surface area contributed by atoms with Gasteiger partial charge in [-0.15, -0.1) is 0 Å². The Morgan fingerprint density at radius 3 is 2.62 bits per heavy atom. The largest absolute Gasteiger partial charge is 0.508 e. The van der Waals surface area contributed by atoms with Crippen LogP contribution in [0.15, 0.2) is 54.6 Å². The topological polar surface area (TPSA) is 69.6 Å². The van der Waals surface area contributed by atoms with Gasteiger partial charge in [0.1, 0.15) is 17.9 Å². The molecule has 5 heteroatoms. The highest BCUT2D eigenvalue weighted by Gasteiger charge is 2.60. The molecule has 184 valence electrons. The third kappa shape index (κ3) is 5.47. The monoisotopic (exact) mass is 465 g/mol. The number of carbonyl (C=O) groups excluding carboxylic acids is 1. The van der Waals surface area contributed by atoms with E-state index in [1.807, 2.05) is 24.3 Å². The average Bonchev–Trinajstić information content (AvgIpc) is 2.79. The van der Waals surface area contributed by atoms with Crippen molar-refractivity contribution in [1.29, 1.82) is 0 Å². The van der Waals surface area contributed by atoms with Crippen LogP contribution in [-0.2, 0) is 16.6 Å². The summed E-state index contributed by atoms with van der Waals surface area (Å²) < 4.78 is 0.789. The van der Waals surface area contributed by atoms with Gasteiger partial charge >= 0.3 is 0 Å². The third-order valence-electron chi connectivity index (χ3n) is 8.20. The summed E-state index contributed by atoms with van der Waals surface area (Å²) in [6.07, 6.45) is 7.67. The number of unbranched alkanes of at least 4 members (excludes halogenated alkanes) is 2. The lowest BCUT2D eigenvalue weighted by atomic mass is 9.55. The number of aryl methyl sites for hydroxylation is 1. The Hall–Kier alpha value is -2.37. The lowest BCUT2D eigenvalue weighted by Gasteiger charge is -2.58. The molecule has 1 heterocycles. The van der Waals surface area contributed by atoms with Gasteiger partial charge in [-0.2, -0.15) is 0 Å². The van der Waals surface area contributed by atoms with Gasteiger partial charge < -0.3 is 20.0 Å². The van der Waals surface area contributed by atoms with Gasteiger partial charge in [-0.3, -0.25) is 4.79 Å². The normalized spacial score (nSPS) is 28.1. The summed E-state index contributed by atoms with van der Waals surface area (Å²) in [5.41, 5.74) is 1.05. The SMILES string of the molecule is C[N+]1(C)CC[C@@]2(c3cccc(O)c3)C[C@H](NC(=O)CCCCCc3ccccc3)CC[C@]2(O)C1. The van der Waals surface area contributed by atoms with Crippen molar-refractivity contribution in [2.24, 2.45) is 0 Å². The number of amides is 1. The van der Waals surface area contributed by atoms with E-state index in [-0.39, 0.29) is 17.7 Å². The molecule has 1 amide bonds. The average molecular weight is 466 g/mol. The zero-order chi connectivity index (χ0) is 24.2. The van der Waals surface area contributed by atoms with Crippen LogP contribution < -0.4 is 5.32 Å². The van der Waals surface area contributed by atoms with Crippen LogP contribution in [0.4, 0.5) is 0 Å². The maximum Gasteiger partial charge on any atom is 0.220 e. The molecule has 2 aromatic carbocycles. The highest BCUT2D eigenvalue weighted by molar-refractivity contribution is 5.76. The van der Waals surface area contributed by atoms with Crippen molar-refractivity contribution in [3.63, 3.8) is 0 Å². The molecule has 34 heavy (non-hydrogen) atoms. The summed E-state index contributed by atoms with van der Waals surface area (Å²) in [6, 6.07) is 17.9. The van der Waals surface area contributed by atoms with E-state index in [9.17, 15) is 15.0 Å². The molecule has 2 aliphatic rings. The number of likely N-dealkylation sites (N-methyl/N-ethyl adjacent to an activating group) is 1. The Balaban J connectivity index is 1.36. The first-order chi connectivity index (χ1) is 16.2. The lowest BCUT2D eigenvalue weighted by Crippen LogP contribution is -2.70. The van der Waals surface area contributed by atoms with Crippen LogP contribution in [-0.4, -0.2) is 59.4 Å². The second kappa shape index (κ2) is 10.1. The number of rotatable bonds is 8. The number of aromatic hydroxyl groups is 1. The highest BCUT2D eigenvalue weighted by Crippen LogP contribution is 2.52. The van der Waals surface area contributed by atoms with Crippen molar-refractivity contribution in [2.45, 2.75) is 74.8 Å². The van der Waals surface area contributed by atoms with Gasteiger partial charge in [0, 0.05) is 24.3 Å². The van der Waals surface area contributed by atoms with E-state index in [1.165, 1.54) is 5.56 Å². The number of phenols is 1. The van der Waals surface area contributed by atoms with E-state index < -0.39 is 11.0 Å². The molecule has 0 unspecified atom stereocenters. The van der Waals surface area contributed by atoms with E-state index in [2.05, 4.69) is 43.7 Å². The molecule has 0 radical (unpaired) electrons. The number of fused-ring (bicyclic) bond motifs is 1. The van der Waals surface area contributed by atoms with Crippen molar-refractivity contribution in [1.82, 2.24) is 5.32 Å². The molecule has 1 saturated carbocycles. The predicted molar refractivity (Wildman–Crippen MR) is 136 cm³/mol. The Labute approximate surface area is 204 Å². The van der Waals surface area contributed by atoms with Crippen molar-refractivity contribution in [2.75, 3.05) is 27.2 Å². The molecule has 5 nitrogen and oxygen atoms in total. The first kappa shape index (κ1) is 24.7. The number of likely N-dealkylation sites (tertiary alicyclic amines) is 1. The van der Waals surface area contributed by atoms with Crippen LogP contribution in [0.25, 0.3) is 0 Å². The molecule has 1 aliphatic heterocycles. The van der Waals surface area contributed by atoms with Gasteiger partial charge in [0.2, 0.25) is 5.91 Å². The zero-order valence-electron chi connectivity index (χ0n) is 20.8. The Kier molecular flexibility index (Phi) is 7.34. The summed E-state index contributed by atoms with van der Waals surface area (Å²) in [4.78, 5) is 12.8. The molecule has 2 fully saturated rings. The number of nitrogens with one attached hydrogen (secondary N) is 1. The summed E-state index contributed by atoms with van der Waals surface area (Å²) in [5, 5.41) is 25.4. The molecule has 1 aliphatic carbocycles. The minimum absolute atomic E-state index is 0.0492. The fourth-order valence-corrected chi connectivity index (χ4v) is 6.40. The smallest absolute Gasteiger partial charge is 0.220 e. The number of phenolic OH excluding ortho intramolecular Hbond substituents is 1. The number of quaternary nitrogens is 1. The van der Waals surface area contributed by atoms with Crippen LogP contribution in [0.1, 0.15) is 62.5 Å². The molecule has 3 N–H and O–H groups in total. The first-order valence-electron chi connectivity index (χ1n) is 12.9. The fraction of sp³-hybridized carbons (Fsp3) is 0.552. The molecule has 0 bridgehead atoms. The number of piperidine rings is 1. The van der Waals surface area contributed by atoms with Gasteiger partial charge in [-0.1, -0.05) is 48.9 Å². The number of carbonyl (C=O) groups is 1. The summed E-state index contributed by atoms with van der Waals surface area (Å²) >= 11 is 0. The van der Waals surface area contributed by atoms with Crippen molar-refractivity contribution < 1.29 is 19.5 Å². The second-order valence-corrected chi connectivity index (χ2v) is 11.3. The number of hydrogen-bond donors (Lipinski definition) is 3. The van der Waals surface area contributed by atoms with Crippen LogP contribution in [0, 0.1) is 0 Å². The van der Waals surface area contributed by atoms with Gasteiger partial charge in [0.15, 0.2) is 0 Å². The molecule has 1 saturated heterocycles. The Bertz CT molecular complexity index is 976. The number of benzene rings is 2. The summed E-state index contributed by atoms with van der Waals surface area (Å²) in [5.74, 6) is 0.350. The minimum atomic E-state index is -0.846. The van der Waals surface area contributed by atoms with E-state index in [4.69, 9.17) is 0 Å². The standard InChI is InChI=1S/C29H40N2O3/c1-31(2)19-18-28(24-13-9-14-26(32)20-24)21-25(16-17-29(28,34)22-31)30-27(33)15-8-4-7-12-23-10-5-3-6-11-23/h3,5-6,9-11,13-14,20,25,34H,4,7-8,12,15-19,21-22H2,1-2H3,(H-,30,32,33)/p+1/t25-,28+,29+/m1/s1. The van der Waals surface area contributed by atoms with Crippen molar-refractivity contribution >= 4 is 5.91 Å². The van der Waals surface area contributed by atoms with Crippen LogP contribution in [0.3, 0.4) is 0 Å². The second-order valence-electron chi connectivity index (χ2n) is 11.3. The fourth-order valence-electron chi connectivity index (χ4n) is 6.40. The van der Waals surface area contributed by atoms with Crippen molar-refractivity contribution in [3.8, 4) is 5.75 Å².